The smallest absolute Gasteiger partial charge is 0.261 e. The Labute approximate surface area is 140 Å². The number of anilines is 2. The van der Waals surface area contributed by atoms with E-state index >= 15 is 0 Å². The Balaban J connectivity index is 1.88. The highest BCUT2D eigenvalue weighted by Crippen LogP contribution is 2.12. The molecule has 0 saturated heterocycles. The van der Waals surface area contributed by atoms with Crippen LogP contribution < -0.4 is 10.9 Å². The Morgan fingerprint density at radius 3 is 1.96 bits per heavy atom. The molecule has 0 atom stereocenters. The van der Waals surface area contributed by atoms with Crippen molar-refractivity contribution in [3.05, 3.63) is 56.9 Å². The number of hydrogen-bond acceptors (Lipinski definition) is 10. The number of nitrogens with one attached hydrogen (secondary N) is 2. The number of rotatable bonds is 7. The Morgan fingerprint density at radius 1 is 1.00 bits per heavy atom. The topological polar surface area (TPSA) is 161 Å². The first-order valence-electron chi connectivity index (χ1n) is 6.76. The minimum Gasteiger partial charge on any atom is -0.261 e. The van der Waals surface area contributed by atoms with Gasteiger partial charge in [-0.1, -0.05) is 0 Å². The number of hydrazone groups is 2. The molecule has 12 heteroatoms. The summed E-state index contributed by atoms with van der Waals surface area (Å²) >= 11 is 0. The maximum absolute atomic E-state index is 10.5. The number of hydrogen-bond donors (Lipinski definition) is 2. The third-order valence-electron chi connectivity index (χ3n) is 2.69. The monoisotopic (exact) mass is 344 g/mol. The summed E-state index contributed by atoms with van der Waals surface area (Å²) in [4.78, 5) is 27.6. The van der Waals surface area contributed by atoms with Gasteiger partial charge in [-0.25, -0.2) is 9.97 Å². The molecule has 0 aromatic carbocycles. The van der Waals surface area contributed by atoms with E-state index in [1.54, 1.807) is 6.92 Å². The second-order valence-electron chi connectivity index (χ2n) is 4.55. The predicted molar refractivity (Wildman–Crippen MR) is 90.6 cm³/mol. The molecule has 2 heterocycles. The lowest BCUT2D eigenvalue weighted by Crippen LogP contribution is -2.02. The van der Waals surface area contributed by atoms with Gasteiger partial charge in [-0.15, -0.1) is 0 Å². The fraction of sp³-hybridized carbons (Fsp3) is 0.0769. The van der Waals surface area contributed by atoms with E-state index in [2.05, 4.69) is 31.0 Å². The van der Waals surface area contributed by atoms with E-state index in [1.165, 1.54) is 30.5 Å². The van der Waals surface area contributed by atoms with Gasteiger partial charge in [0.05, 0.1) is 21.8 Å². The van der Waals surface area contributed by atoms with Gasteiger partial charge in [0.25, 0.3) is 11.4 Å². The molecule has 0 aliphatic heterocycles. The lowest BCUT2D eigenvalue weighted by atomic mass is 10.4. The highest BCUT2D eigenvalue weighted by atomic mass is 16.6. The maximum Gasteiger partial charge on any atom is 0.287 e. The minimum absolute atomic E-state index is 0.118. The van der Waals surface area contributed by atoms with E-state index in [9.17, 15) is 20.2 Å². The molecule has 0 fully saturated rings. The van der Waals surface area contributed by atoms with Crippen LogP contribution in [-0.2, 0) is 0 Å². The van der Waals surface area contributed by atoms with E-state index in [-0.39, 0.29) is 11.4 Å². The van der Waals surface area contributed by atoms with Crippen LogP contribution in [0.25, 0.3) is 0 Å². The molecule has 2 rings (SSSR count). The van der Waals surface area contributed by atoms with Gasteiger partial charge < -0.3 is 0 Å². The first-order chi connectivity index (χ1) is 12.0. The predicted octanol–water partition coefficient (Wildman–Crippen LogP) is 2.18. The average Bonchev–Trinajstić information content (AvgIpc) is 2.60. The van der Waals surface area contributed by atoms with Crippen LogP contribution in [0.4, 0.5) is 23.0 Å². The van der Waals surface area contributed by atoms with Crippen LogP contribution in [0.2, 0.25) is 0 Å². The van der Waals surface area contributed by atoms with Gasteiger partial charge in [-0.3, -0.25) is 31.1 Å². The van der Waals surface area contributed by atoms with E-state index in [1.807, 2.05) is 0 Å². The highest BCUT2D eigenvalue weighted by molar-refractivity contribution is 6.29. The first-order valence-corrected chi connectivity index (χ1v) is 6.76. The van der Waals surface area contributed by atoms with Crippen molar-refractivity contribution in [2.24, 2.45) is 10.2 Å². The number of nitrogens with zero attached hydrogens (tertiary/aromatic N) is 6. The summed E-state index contributed by atoms with van der Waals surface area (Å²) in [7, 11) is 0. The van der Waals surface area contributed by atoms with Gasteiger partial charge in [-0.2, -0.15) is 10.2 Å². The summed E-state index contributed by atoms with van der Waals surface area (Å²) in [5.74, 6) is 0.669. The van der Waals surface area contributed by atoms with E-state index in [0.29, 0.717) is 17.3 Å². The second kappa shape index (κ2) is 8.05. The summed E-state index contributed by atoms with van der Waals surface area (Å²) in [5.41, 5.74) is 5.46. The molecule has 25 heavy (non-hydrogen) atoms. The number of nitro groups is 2. The summed E-state index contributed by atoms with van der Waals surface area (Å²) in [6, 6.07) is 5.44. The molecular formula is C13H12N8O4. The largest absolute Gasteiger partial charge is 0.287 e. The average molecular weight is 344 g/mol. The number of pyridine rings is 2. The molecule has 0 bridgehead atoms. The summed E-state index contributed by atoms with van der Waals surface area (Å²) < 4.78 is 0. The molecule has 0 aliphatic carbocycles. The quantitative estimate of drug-likeness (QED) is 0.439. The zero-order valence-electron chi connectivity index (χ0n) is 12.9. The highest BCUT2D eigenvalue weighted by Gasteiger charge is 2.05. The summed E-state index contributed by atoms with van der Waals surface area (Å²) in [6.07, 6.45) is 3.62. The van der Waals surface area contributed by atoms with Crippen LogP contribution in [0.5, 0.6) is 0 Å². The van der Waals surface area contributed by atoms with E-state index in [4.69, 9.17) is 0 Å². The Kier molecular flexibility index (Phi) is 5.60. The van der Waals surface area contributed by atoms with Crippen LogP contribution in [0.3, 0.4) is 0 Å². The molecule has 0 amide bonds. The molecule has 2 N–H and O–H groups in total. The second-order valence-corrected chi connectivity index (χ2v) is 4.55. The minimum atomic E-state index is -0.547. The van der Waals surface area contributed by atoms with Crippen LogP contribution in [0.15, 0.2) is 46.9 Å². The fourth-order valence-corrected chi connectivity index (χ4v) is 1.49. The third kappa shape index (κ3) is 5.31. The van der Waals surface area contributed by atoms with Gasteiger partial charge in [-0.05, 0) is 19.1 Å². The summed E-state index contributed by atoms with van der Waals surface area (Å²) in [6.45, 7) is 1.66. The Bertz CT molecular complexity index is 817. The van der Waals surface area contributed by atoms with Crippen LogP contribution in [0, 0.1) is 20.2 Å². The molecule has 0 unspecified atom stereocenters. The molecule has 2 aromatic rings. The van der Waals surface area contributed by atoms with Gasteiger partial charge >= 0.3 is 0 Å². The van der Waals surface area contributed by atoms with Crippen molar-refractivity contribution < 1.29 is 9.85 Å². The zero-order chi connectivity index (χ0) is 18.2. The summed E-state index contributed by atoms with van der Waals surface area (Å²) in [5, 5.41) is 28.9. The van der Waals surface area contributed by atoms with Crippen molar-refractivity contribution in [1.82, 2.24) is 9.97 Å². The van der Waals surface area contributed by atoms with Crippen molar-refractivity contribution >= 4 is 34.9 Å². The molecule has 0 saturated carbocycles. The molecule has 2 aromatic heterocycles. The standard InChI is InChI=1S/C13H12N8O4/c1-9(17-19-13-5-3-11(8-15-13)21(24)25)6-16-18-12-4-2-10(7-14-12)20(22)23/h2-8H,1H3,(H,14,18)(H,15,19)/b16-6+,17-9-. The van der Waals surface area contributed by atoms with Crippen molar-refractivity contribution in [2.45, 2.75) is 6.92 Å². The van der Waals surface area contributed by atoms with Gasteiger partial charge in [0.2, 0.25) is 0 Å². The van der Waals surface area contributed by atoms with E-state index in [0.717, 1.165) is 12.4 Å². The van der Waals surface area contributed by atoms with Crippen molar-refractivity contribution in [2.75, 3.05) is 10.9 Å². The zero-order valence-corrected chi connectivity index (χ0v) is 12.9. The normalized spacial score (nSPS) is 11.3. The lowest BCUT2D eigenvalue weighted by Gasteiger charge is -2.00. The third-order valence-corrected chi connectivity index (χ3v) is 2.69. The first kappa shape index (κ1) is 17.4. The van der Waals surface area contributed by atoms with Crippen molar-refractivity contribution in [3.63, 3.8) is 0 Å². The molecular weight excluding hydrogens is 332 g/mol. The molecule has 128 valence electrons. The molecule has 0 aliphatic rings. The Hall–Kier alpha value is -3.96. The fourth-order valence-electron chi connectivity index (χ4n) is 1.49. The van der Waals surface area contributed by atoms with E-state index < -0.39 is 9.85 Å². The lowest BCUT2D eigenvalue weighted by molar-refractivity contribution is -0.385. The van der Waals surface area contributed by atoms with Gasteiger partial charge in [0, 0.05) is 12.1 Å². The van der Waals surface area contributed by atoms with Crippen LogP contribution in [0.1, 0.15) is 6.92 Å². The Morgan fingerprint density at radius 2 is 1.52 bits per heavy atom. The van der Waals surface area contributed by atoms with Crippen molar-refractivity contribution in [1.29, 1.82) is 0 Å². The molecule has 0 spiro atoms. The van der Waals surface area contributed by atoms with Gasteiger partial charge in [0.1, 0.15) is 24.0 Å². The SMILES string of the molecule is CC(/C=N/Nc1ccc([N+](=O)[O-])cn1)=N/Nc1ccc([N+](=O)[O-])cn1. The van der Waals surface area contributed by atoms with Crippen LogP contribution in [-0.4, -0.2) is 31.7 Å². The van der Waals surface area contributed by atoms with Gasteiger partial charge in [0.15, 0.2) is 0 Å². The van der Waals surface area contributed by atoms with Crippen LogP contribution >= 0.6 is 0 Å². The van der Waals surface area contributed by atoms with Crippen molar-refractivity contribution in [3.8, 4) is 0 Å². The molecule has 0 radical (unpaired) electrons. The maximum atomic E-state index is 10.5. The number of aromatic nitrogens is 2. The molecule has 12 nitrogen and oxygen atoms in total.